The molecule has 1 N–H and O–H groups in total. The van der Waals surface area contributed by atoms with Crippen molar-refractivity contribution in [1.82, 2.24) is 10.3 Å². The van der Waals surface area contributed by atoms with Crippen molar-refractivity contribution in [3.05, 3.63) is 48.3 Å². The van der Waals surface area contributed by atoms with E-state index in [4.69, 9.17) is 9.47 Å². The first-order valence-corrected chi connectivity index (χ1v) is 6.68. The van der Waals surface area contributed by atoms with Gasteiger partial charge in [0.25, 0.3) is 0 Å². The number of nitrogens with one attached hydrogen (secondary N) is 1. The zero-order valence-corrected chi connectivity index (χ0v) is 12.1. The standard InChI is InChI=1S/C16H20N2O2/c1-12(2)18-10-13-8-9-17-11-16(13)20-15-7-5-4-6-14(15)19-3/h4-9,11-12,18H,10H2,1-3H3. The summed E-state index contributed by atoms with van der Waals surface area (Å²) in [6.45, 7) is 4.97. The van der Waals surface area contributed by atoms with Crippen molar-refractivity contribution in [2.75, 3.05) is 7.11 Å². The fourth-order valence-electron chi connectivity index (χ4n) is 1.78. The highest BCUT2D eigenvalue weighted by Gasteiger charge is 2.09. The number of hydrogen-bond acceptors (Lipinski definition) is 4. The van der Waals surface area contributed by atoms with Crippen molar-refractivity contribution in [1.29, 1.82) is 0 Å². The fourth-order valence-corrected chi connectivity index (χ4v) is 1.78. The summed E-state index contributed by atoms with van der Waals surface area (Å²) in [6, 6.07) is 9.96. The summed E-state index contributed by atoms with van der Waals surface area (Å²) < 4.78 is 11.2. The average molecular weight is 272 g/mol. The van der Waals surface area contributed by atoms with E-state index < -0.39 is 0 Å². The minimum Gasteiger partial charge on any atom is -0.493 e. The Balaban J connectivity index is 2.20. The maximum Gasteiger partial charge on any atom is 0.169 e. The summed E-state index contributed by atoms with van der Waals surface area (Å²) in [5.41, 5.74) is 1.07. The molecule has 1 aromatic heterocycles. The largest absolute Gasteiger partial charge is 0.493 e. The molecule has 4 heteroatoms. The number of rotatable bonds is 6. The molecule has 106 valence electrons. The molecule has 4 nitrogen and oxygen atoms in total. The van der Waals surface area contributed by atoms with E-state index in [9.17, 15) is 0 Å². The van der Waals surface area contributed by atoms with Gasteiger partial charge in [0.15, 0.2) is 11.5 Å². The van der Waals surface area contributed by atoms with Crippen LogP contribution in [0.1, 0.15) is 19.4 Å². The van der Waals surface area contributed by atoms with E-state index in [0.717, 1.165) is 17.9 Å². The van der Waals surface area contributed by atoms with Crippen LogP contribution in [0, 0.1) is 0 Å². The number of pyridine rings is 1. The predicted molar refractivity (Wildman–Crippen MR) is 79.3 cm³/mol. The van der Waals surface area contributed by atoms with Crippen molar-refractivity contribution >= 4 is 0 Å². The van der Waals surface area contributed by atoms with Gasteiger partial charge in [0.05, 0.1) is 13.3 Å². The van der Waals surface area contributed by atoms with Crippen LogP contribution in [0.4, 0.5) is 0 Å². The van der Waals surface area contributed by atoms with Crippen LogP contribution in [-0.4, -0.2) is 18.1 Å². The minimum absolute atomic E-state index is 0.419. The maximum absolute atomic E-state index is 5.94. The van der Waals surface area contributed by atoms with Gasteiger partial charge in [-0.25, -0.2) is 0 Å². The molecule has 0 unspecified atom stereocenters. The van der Waals surface area contributed by atoms with E-state index in [1.54, 1.807) is 19.5 Å². The zero-order chi connectivity index (χ0) is 14.4. The van der Waals surface area contributed by atoms with Gasteiger partial charge in [-0.2, -0.15) is 0 Å². The first-order chi connectivity index (χ1) is 9.70. The van der Waals surface area contributed by atoms with Crippen LogP contribution in [0.2, 0.25) is 0 Å². The summed E-state index contributed by atoms with van der Waals surface area (Å²) in [6.07, 6.45) is 3.50. The average Bonchev–Trinajstić information content (AvgIpc) is 2.47. The third-order valence-corrected chi connectivity index (χ3v) is 2.86. The van der Waals surface area contributed by atoms with E-state index in [-0.39, 0.29) is 0 Å². The zero-order valence-electron chi connectivity index (χ0n) is 12.1. The second kappa shape index (κ2) is 6.91. The third-order valence-electron chi connectivity index (χ3n) is 2.86. The van der Waals surface area contributed by atoms with E-state index in [1.165, 1.54) is 0 Å². The van der Waals surface area contributed by atoms with Crippen LogP contribution in [0.3, 0.4) is 0 Å². The molecule has 0 radical (unpaired) electrons. The molecule has 0 spiro atoms. The quantitative estimate of drug-likeness (QED) is 0.875. The SMILES string of the molecule is COc1ccccc1Oc1cnccc1CNC(C)C. The summed E-state index contributed by atoms with van der Waals surface area (Å²) in [4.78, 5) is 4.13. The normalized spacial score (nSPS) is 10.6. The first-order valence-electron chi connectivity index (χ1n) is 6.68. The highest BCUT2D eigenvalue weighted by molar-refractivity contribution is 5.43. The van der Waals surface area contributed by atoms with Crippen molar-refractivity contribution < 1.29 is 9.47 Å². The third kappa shape index (κ3) is 3.71. The van der Waals surface area contributed by atoms with Crippen LogP contribution in [0.15, 0.2) is 42.7 Å². The van der Waals surface area contributed by atoms with Gasteiger partial charge in [0, 0.05) is 24.3 Å². The number of aromatic nitrogens is 1. The summed E-state index contributed by atoms with van der Waals surface area (Å²) in [5, 5.41) is 3.38. The van der Waals surface area contributed by atoms with Gasteiger partial charge in [-0.05, 0) is 18.2 Å². The lowest BCUT2D eigenvalue weighted by Crippen LogP contribution is -2.22. The summed E-state index contributed by atoms with van der Waals surface area (Å²) >= 11 is 0. The smallest absolute Gasteiger partial charge is 0.169 e. The van der Waals surface area contributed by atoms with Gasteiger partial charge in [-0.3, -0.25) is 4.98 Å². The Kier molecular flexibility index (Phi) is 4.96. The van der Waals surface area contributed by atoms with E-state index in [1.807, 2.05) is 30.3 Å². The van der Waals surface area contributed by atoms with Gasteiger partial charge in [-0.15, -0.1) is 0 Å². The van der Waals surface area contributed by atoms with Crippen molar-refractivity contribution in [2.45, 2.75) is 26.4 Å². The van der Waals surface area contributed by atoms with Crippen LogP contribution < -0.4 is 14.8 Å². The maximum atomic E-state index is 5.94. The van der Waals surface area contributed by atoms with Gasteiger partial charge >= 0.3 is 0 Å². The number of benzene rings is 1. The van der Waals surface area contributed by atoms with Crippen molar-refractivity contribution in [3.8, 4) is 17.2 Å². The van der Waals surface area contributed by atoms with Crippen LogP contribution in [0.5, 0.6) is 17.2 Å². The predicted octanol–water partition coefficient (Wildman–Crippen LogP) is 3.38. The molecule has 1 aromatic carbocycles. The van der Waals surface area contributed by atoms with Crippen molar-refractivity contribution in [3.63, 3.8) is 0 Å². The lowest BCUT2D eigenvalue weighted by atomic mass is 10.2. The topological polar surface area (TPSA) is 43.4 Å². The second-order valence-electron chi connectivity index (χ2n) is 4.77. The molecule has 0 atom stereocenters. The molecule has 2 aromatic rings. The lowest BCUT2D eigenvalue weighted by molar-refractivity contribution is 0.376. The highest BCUT2D eigenvalue weighted by atomic mass is 16.5. The molecule has 0 aliphatic rings. The Morgan fingerprint density at radius 3 is 2.55 bits per heavy atom. The van der Waals surface area contributed by atoms with E-state index in [2.05, 4.69) is 24.1 Å². The Labute approximate surface area is 119 Å². The van der Waals surface area contributed by atoms with Crippen molar-refractivity contribution in [2.24, 2.45) is 0 Å². The number of ether oxygens (including phenoxy) is 2. The Morgan fingerprint density at radius 2 is 1.85 bits per heavy atom. The Bertz CT molecular complexity index is 556. The van der Waals surface area contributed by atoms with E-state index in [0.29, 0.717) is 17.5 Å². The molecule has 0 aliphatic heterocycles. The molecule has 0 amide bonds. The highest BCUT2D eigenvalue weighted by Crippen LogP contribution is 2.32. The molecule has 20 heavy (non-hydrogen) atoms. The summed E-state index contributed by atoms with van der Waals surface area (Å²) in [7, 11) is 1.63. The molecule has 1 heterocycles. The molecular weight excluding hydrogens is 252 g/mol. The number of methoxy groups -OCH3 is 1. The fraction of sp³-hybridized carbons (Fsp3) is 0.312. The minimum atomic E-state index is 0.419. The molecule has 0 fully saturated rings. The Morgan fingerprint density at radius 1 is 1.10 bits per heavy atom. The first kappa shape index (κ1) is 14.3. The number of nitrogens with zero attached hydrogens (tertiary/aromatic N) is 1. The van der Waals surface area contributed by atoms with Gasteiger partial charge in [-0.1, -0.05) is 26.0 Å². The molecular formula is C16H20N2O2. The van der Waals surface area contributed by atoms with Crippen LogP contribution in [0.25, 0.3) is 0 Å². The second-order valence-corrected chi connectivity index (χ2v) is 4.77. The Hall–Kier alpha value is -2.07. The summed E-state index contributed by atoms with van der Waals surface area (Å²) in [5.74, 6) is 2.14. The van der Waals surface area contributed by atoms with Gasteiger partial charge in [0.2, 0.25) is 0 Å². The van der Waals surface area contributed by atoms with Gasteiger partial charge < -0.3 is 14.8 Å². The lowest BCUT2D eigenvalue weighted by Gasteiger charge is -2.14. The number of hydrogen-bond donors (Lipinski definition) is 1. The molecule has 0 saturated carbocycles. The van der Waals surface area contributed by atoms with E-state index >= 15 is 0 Å². The molecule has 2 rings (SSSR count). The molecule has 0 aliphatic carbocycles. The molecule has 0 bridgehead atoms. The van der Waals surface area contributed by atoms with Crippen LogP contribution >= 0.6 is 0 Å². The van der Waals surface area contributed by atoms with Gasteiger partial charge in [0.1, 0.15) is 5.75 Å². The van der Waals surface area contributed by atoms with Crippen LogP contribution in [-0.2, 0) is 6.54 Å². The number of para-hydroxylation sites is 2. The molecule has 0 saturated heterocycles. The monoisotopic (exact) mass is 272 g/mol.